The van der Waals surface area contributed by atoms with Crippen LogP contribution in [0.25, 0.3) is 0 Å². The fraction of sp³-hybridized carbons (Fsp3) is 0.333. The van der Waals surface area contributed by atoms with Crippen LogP contribution in [-0.2, 0) is 11.3 Å². The Morgan fingerprint density at radius 2 is 2.37 bits per heavy atom. The third-order valence-corrected chi connectivity index (χ3v) is 5.01. The number of hydrogen-bond acceptors (Lipinski definition) is 4. The summed E-state index contributed by atoms with van der Waals surface area (Å²) in [7, 11) is 1.60. The Labute approximate surface area is 128 Å². The number of aromatic nitrogens is 2. The molecule has 0 aliphatic heterocycles. The van der Waals surface area contributed by atoms with Crippen LogP contribution in [0.15, 0.2) is 16.0 Å². The van der Waals surface area contributed by atoms with Gasteiger partial charge in [0.1, 0.15) is 5.69 Å². The molecule has 2 heterocycles. The lowest BCUT2D eigenvalue weighted by atomic mass is 10.2. The van der Waals surface area contributed by atoms with E-state index in [2.05, 4.69) is 21.0 Å². The predicted octanol–water partition coefficient (Wildman–Crippen LogP) is 3.55. The van der Waals surface area contributed by atoms with Crippen molar-refractivity contribution in [1.29, 1.82) is 0 Å². The standard InChI is InChI=1S/C12H12BrClN2O2S/c1-7-5-9(19-12(7)13)11(17)10-8(14)6-15-16(10)3-4-18-2/h5-6H,3-4H2,1-2H3. The van der Waals surface area contributed by atoms with Crippen LogP contribution in [0.2, 0.25) is 5.02 Å². The van der Waals surface area contributed by atoms with E-state index in [1.165, 1.54) is 17.5 Å². The Morgan fingerprint density at radius 1 is 1.63 bits per heavy atom. The van der Waals surface area contributed by atoms with Crippen LogP contribution in [0.4, 0.5) is 0 Å². The van der Waals surface area contributed by atoms with Gasteiger partial charge >= 0.3 is 0 Å². The van der Waals surface area contributed by atoms with Crippen LogP contribution >= 0.6 is 38.9 Å². The maximum Gasteiger partial charge on any atom is 0.222 e. The largest absolute Gasteiger partial charge is 0.383 e. The fourth-order valence-corrected chi connectivity index (χ4v) is 3.33. The fourth-order valence-electron chi connectivity index (χ4n) is 1.62. The van der Waals surface area contributed by atoms with Gasteiger partial charge in [-0.2, -0.15) is 5.10 Å². The van der Waals surface area contributed by atoms with Gasteiger partial charge in [0.2, 0.25) is 5.78 Å². The third-order valence-electron chi connectivity index (χ3n) is 2.60. The van der Waals surface area contributed by atoms with E-state index >= 15 is 0 Å². The monoisotopic (exact) mass is 362 g/mol. The Bertz CT molecular complexity index is 589. The molecule has 7 heteroatoms. The minimum atomic E-state index is -0.114. The average Bonchev–Trinajstić information content (AvgIpc) is 2.90. The molecule has 0 bridgehead atoms. The lowest BCUT2D eigenvalue weighted by molar-refractivity contribution is 0.102. The molecule has 102 valence electrons. The van der Waals surface area contributed by atoms with Gasteiger partial charge in [0.15, 0.2) is 0 Å². The number of ketones is 1. The second-order valence-electron chi connectivity index (χ2n) is 3.95. The quantitative estimate of drug-likeness (QED) is 0.763. The third kappa shape index (κ3) is 3.08. The molecule has 0 N–H and O–H groups in total. The first kappa shape index (κ1) is 14.7. The summed E-state index contributed by atoms with van der Waals surface area (Å²) in [6.45, 7) is 2.92. The molecule has 2 aromatic heterocycles. The summed E-state index contributed by atoms with van der Waals surface area (Å²) >= 11 is 10.9. The van der Waals surface area contributed by atoms with Crippen LogP contribution in [0.5, 0.6) is 0 Å². The smallest absolute Gasteiger partial charge is 0.222 e. The van der Waals surface area contributed by atoms with E-state index in [4.69, 9.17) is 16.3 Å². The maximum atomic E-state index is 12.5. The van der Waals surface area contributed by atoms with E-state index in [9.17, 15) is 4.79 Å². The number of rotatable bonds is 5. The highest BCUT2D eigenvalue weighted by Gasteiger charge is 2.21. The van der Waals surface area contributed by atoms with Crippen LogP contribution in [0.3, 0.4) is 0 Å². The molecule has 0 saturated heterocycles. The van der Waals surface area contributed by atoms with Gasteiger partial charge in [-0.15, -0.1) is 11.3 Å². The molecule has 0 amide bonds. The Kier molecular flexibility index (Phi) is 4.78. The Morgan fingerprint density at radius 3 is 2.95 bits per heavy atom. The highest BCUT2D eigenvalue weighted by atomic mass is 79.9. The summed E-state index contributed by atoms with van der Waals surface area (Å²) in [6, 6.07) is 1.85. The molecule has 0 radical (unpaired) electrons. The van der Waals surface area contributed by atoms with Gasteiger partial charge in [0.05, 0.1) is 33.0 Å². The number of carbonyl (C=O) groups is 1. The molecule has 0 saturated carbocycles. The summed E-state index contributed by atoms with van der Waals surface area (Å²) in [6.07, 6.45) is 1.49. The van der Waals surface area contributed by atoms with Gasteiger partial charge in [0, 0.05) is 7.11 Å². The number of nitrogens with zero attached hydrogens (tertiary/aromatic N) is 2. The van der Waals surface area contributed by atoms with E-state index in [1.54, 1.807) is 11.8 Å². The molecule has 0 atom stereocenters. The molecule has 0 aromatic carbocycles. The van der Waals surface area contributed by atoms with E-state index in [1.807, 2.05) is 13.0 Å². The molecule has 0 spiro atoms. The molecule has 2 aromatic rings. The van der Waals surface area contributed by atoms with Gasteiger partial charge in [0.25, 0.3) is 0 Å². The highest BCUT2D eigenvalue weighted by molar-refractivity contribution is 9.11. The normalized spacial score (nSPS) is 10.9. The first-order valence-corrected chi connectivity index (χ1v) is 7.54. The van der Waals surface area contributed by atoms with E-state index < -0.39 is 0 Å². The SMILES string of the molecule is COCCn1ncc(Cl)c1C(=O)c1cc(C)c(Br)s1. The summed E-state index contributed by atoms with van der Waals surface area (Å²) in [5.41, 5.74) is 1.44. The molecule has 0 unspecified atom stereocenters. The molecule has 0 aliphatic carbocycles. The maximum absolute atomic E-state index is 12.5. The van der Waals surface area contributed by atoms with E-state index in [-0.39, 0.29) is 5.78 Å². The zero-order valence-electron chi connectivity index (χ0n) is 10.4. The predicted molar refractivity (Wildman–Crippen MR) is 79.3 cm³/mol. The first-order chi connectivity index (χ1) is 9.04. The average molecular weight is 364 g/mol. The zero-order chi connectivity index (χ0) is 14.0. The van der Waals surface area contributed by atoms with Crippen molar-refractivity contribution in [2.24, 2.45) is 0 Å². The number of halogens is 2. The second-order valence-corrected chi connectivity index (χ2v) is 6.73. The van der Waals surface area contributed by atoms with Gasteiger partial charge in [-0.3, -0.25) is 9.48 Å². The van der Waals surface area contributed by atoms with Crippen LogP contribution in [-0.4, -0.2) is 29.3 Å². The molecule has 4 nitrogen and oxygen atoms in total. The minimum absolute atomic E-state index is 0.114. The number of methoxy groups -OCH3 is 1. The molecular formula is C12H12BrClN2O2S. The minimum Gasteiger partial charge on any atom is -0.383 e. The molecular weight excluding hydrogens is 352 g/mol. The highest BCUT2D eigenvalue weighted by Crippen LogP contribution is 2.30. The first-order valence-electron chi connectivity index (χ1n) is 5.55. The molecule has 2 rings (SSSR count). The molecule has 0 fully saturated rings. The van der Waals surface area contributed by atoms with Gasteiger partial charge < -0.3 is 4.74 Å². The number of carbonyl (C=O) groups excluding carboxylic acids is 1. The number of aryl methyl sites for hydroxylation is 1. The van der Waals surface area contributed by atoms with Crippen molar-refractivity contribution >= 4 is 44.7 Å². The van der Waals surface area contributed by atoms with Gasteiger partial charge in [-0.25, -0.2) is 0 Å². The molecule has 0 aliphatic rings. The van der Waals surface area contributed by atoms with Crippen molar-refractivity contribution in [2.75, 3.05) is 13.7 Å². The summed E-state index contributed by atoms with van der Waals surface area (Å²) in [5, 5.41) is 4.47. The number of thiophene rings is 1. The molecule has 19 heavy (non-hydrogen) atoms. The van der Waals surface area contributed by atoms with E-state index in [0.717, 1.165) is 9.35 Å². The van der Waals surface area contributed by atoms with Crippen molar-refractivity contribution in [2.45, 2.75) is 13.5 Å². The van der Waals surface area contributed by atoms with Crippen molar-refractivity contribution in [3.05, 3.63) is 37.2 Å². The summed E-state index contributed by atoms with van der Waals surface area (Å²) < 4.78 is 7.53. The summed E-state index contributed by atoms with van der Waals surface area (Å²) in [5.74, 6) is -0.114. The zero-order valence-corrected chi connectivity index (χ0v) is 13.6. The van der Waals surface area contributed by atoms with Crippen LogP contribution in [0, 0.1) is 6.92 Å². The Hall–Kier alpha value is -0.690. The second kappa shape index (κ2) is 6.17. The van der Waals surface area contributed by atoms with Crippen LogP contribution < -0.4 is 0 Å². The lowest BCUT2D eigenvalue weighted by Gasteiger charge is -2.05. The van der Waals surface area contributed by atoms with Crippen molar-refractivity contribution in [3.8, 4) is 0 Å². The van der Waals surface area contributed by atoms with Crippen molar-refractivity contribution < 1.29 is 9.53 Å². The lowest BCUT2D eigenvalue weighted by Crippen LogP contribution is -2.14. The topological polar surface area (TPSA) is 44.1 Å². The summed E-state index contributed by atoms with van der Waals surface area (Å²) in [4.78, 5) is 13.1. The van der Waals surface area contributed by atoms with Gasteiger partial charge in [-0.1, -0.05) is 11.6 Å². The van der Waals surface area contributed by atoms with Crippen LogP contribution in [0.1, 0.15) is 20.9 Å². The van der Waals surface area contributed by atoms with Crippen molar-refractivity contribution in [3.63, 3.8) is 0 Å². The Balaban J connectivity index is 2.35. The van der Waals surface area contributed by atoms with E-state index in [0.29, 0.717) is 28.7 Å². The van der Waals surface area contributed by atoms with Gasteiger partial charge in [-0.05, 0) is 34.5 Å². The number of hydrogen-bond donors (Lipinski definition) is 0. The number of ether oxygens (including phenoxy) is 1. The van der Waals surface area contributed by atoms with Crippen molar-refractivity contribution in [1.82, 2.24) is 9.78 Å².